The van der Waals surface area contributed by atoms with Gasteiger partial charge in [-0.2, -0.15) is 5.10 Å². The van der Waals surface area contributed by atoms with Gasteiger partial charge < -0.3 is 5.73 Å². The van der Waals surface area contributed by atoms with E-state index in [9.17, 15) is 4.39 Å². The molecule has 1 atom stereocenters. The predicted octanol–water partition coefficient (Wildman–Crippen LogP) is 3.57. The first-order valence-corrected chi connectivity index (χ1v) is 6.50. The lowest BCUT2D eigenvalue weighted by Gasteiger charge is -2.15. The summed E-state index contributed by atoms with van der Waals surface area (Å²) in [5.74, 6) is 1.14. The SMILES string of the molecule is CC(C)C(C)c1nn(C)c(N)c1-c1ccc(F)cc1. The van der Waals surface area contributed by atoms with Gasteiger partial charge in [-0.1, -0.05) is 32.9 Å². The van der Waals surface area contributed by atoms with Gasteiger partial charge in [-0.05, 0) is 23.6 Å². The van der Waals surface area contributed by atoms with E-state index in [-0.39, 0.29) is 5.82 Å². The van der Waals surface area contributed by atoms with Gasteiger partial charge in [-0.3, -0.25) is 4.68 Å². The largest absolute Gasteiger partial charge is 0.383 e. The minimum absolute atomic E-state index is 0.246. The van der Waals surface area contributed by atoms with Crippen LogP contribution in [0.2, 0.25) is 0 Å². The van der Waals surface area contributed by atoms with E-state index in [0.717, 1.165) is 16.8 Å². The maximum Gasteiger partial charge on any atom is 0.129 e. The van der Waals surface area contributed by atoms with Crippen LogP contribution in [-0.2, 0) is 7.05 Å². The Kier molecular flexibility index (Phi) is 3.60. The normalized spacial score (nSPS) is 12.9. The highest BCUT2D eigenvalue weighted by atomic mass is 19.1. The molecule has 102 valence electrons. The second-order valence-electron chi connectivity index (χ2n) is 5.31. The van der Waals surface area contributed by atoms with Gasteiger partial charge >= 0.3 is 0 Å². The highest BCUT2D eigenvalue weighted by Crippen LogP contribution is 2.36. The molecule has 0 amide bonds. The van der Waals surface area contributed by atoms with E-state index in [0.29, 0.717) is 17.7 Å². The van der Waals surface area contributed by atoms with Crippen LogP contribution in [0.1, 0.15) is 32.4 Å². The van der Waals surface area contributed by atoms with Crippen molar-refractivity contribution in [3.8, 4) is 11.1 Å². The van der Waals surface area contributed by atoms with Gasteiger partial charge in [0, 0.05) is 18.5 Å². The molecule has 1 unspecified atom stereocenters. The molecular weight excluding hydrogens is 241 g/mol. The molecule has 0 bridgehead atoms. The molecule has 1 heterocycles. The molecule has 0 radical (unpaired) electrons. The molecular formula is C15H20FN3. The van der Waals surface area contributed by atoms with Crippen molar-refractivity contribution in [1.29, 1.82) is 0 Å². The fraction of sp³-hybridized carbons (Fsp3) is 0.400. The number of hydrogen-bond acceptors (Lipinski definition) is 2. The van der Waals surface area contributed by atoms with Crippen LogP contribution in [0.25, 0.3) is 11.1 Å². The molecule has 0 spiro atoms. The Balaban J connectivity index is 2.58. The monoisotopic (exact) mass is 261 g/mol. The Morgan fingerprint density at radius 3 is 2.26 bits per heavy atom. The third-order valence-corrected chi connectivity index (χ3v) is 3.68. The molecule has 0 aliphatic heterocycles. The summed E-state index contributed by atoms with van der Waals surface area (Å²) in [5.41, 5.74) is 8.92. The minimum atomic E-state index is -0.246. The van der Waals surface area contributed by atoms with E-state index in [1.54, 1.807) is 16.8 Å². The molecule has 0 saturated heterocycles. The van der Waals surface area contributed by atoms with Crippen molar-refractivity contribution >= 4 is 5.82 Å². The zero-order valence-electron chi connectivity index (χ0n) is 11.8. The number of halogens is 1. The van der Waals surface area contributed by atoms with Crippen LogP contribution in [0.3, 0.4) is 0 Å². The maximum absolute atomic E-state index is 13.0. The number of nitrogen functional groups attached to an aromatic ring is 1. The predicted molar refractivity (Wildman–Crippen MR) is 76.3 cm³/mol. The van der Waals surface area contributed by atoms with Gasteiger partial charge in [0.05, 0.1) is 5.69 Å². The van der Waals surface area contributed by atoms with Crippen molar-refractivity contribution in [2.75, 3.05) is 5.73 Å². The maximum atomic E-state index is 13.0. The summed E-state index contributed by atoms with van der Waals surface area (Å²) >= 11 is 0. The second-order valence-corrected chi connectivity index (χ2v) is 5.31. The van der Waals surface area contributed by atoms with Crippen LogP contribution >= 0.6 is 0 Å². The van der Waals surface area contributed by atoms with Crippen LogP contribution in [0.15, 0.2) is 24.3 Å². The highest BCUT2D eigenvalue weighted by Gasteiger charge is 2.22. The summed E-state index contributed by atoms with van der Waals surface area (Å²) < 4.78 is 14.7. The Morgan fingerprint density at radius 2 is 1.74 bits per heavy atom. The number of anilines is 1. The Labute approximate surface area is 113 Å². The van der Waals surface area contributed by atoms with Crippen molar-refractivity contribution in [2.45, 2.75) is 26.7 Å². The van der Waals surface area contributed by atoms with E-state index in [1.165, 1.54) is 12.1 Å². The van der Waals surface area contributed by atoms with Gasteiger partial charge in [-0.15, -0.1) is 0 Å². The summed E-state index contributed by atoms with van der Waals surface area (Å²) in [6.45, 7) is 6.45. The molecule has 2 aromatic rings. The molecule has 1 aromatic heterocycles. The number of nitrogens with zero attached hydrogens (tertiary/aromatic N) is 2. The quantitative estimate of drug-likeness (QED) is 0.918. The number of rotatable bonds is 3. The van der Waals surface area contributed by atoms with Crippen molar-refractivity contribution < 1.29 is 4.39 Å². The summed E-state index contributed by atoms with van der Waals surface area (Å²) in [6, 6.07) is 6.40. The molecule has 0 aliphatic rings. The first kappa shape index (κ1) is 13.6. The number of nitrogens with two attached hydrogens (primary N) is 1. The second kappa shape index (κ2) is 5.03. The van der Waals surface area contributed by atoms with Crippen LogP contribution < -0.4 is 5.73 Å². The number of hydrogen-bond donors (Lipinski definition) is 1. The topological polar surface area (TPSA) is 43.8 Å². The summed E-state index contributed by atoms with van der Waals surface area (Å²) in [5, 5.41) is 4.53. The lowest BCUT2D eigenvalue weighted by atomic mass is 9.90. The third-order valence-electron chi connectivity index (χ3n) is 3.68. The van der Waals surface area contributed by atoms with Crippen LogP contribution in [-0.4, -0.2) is 9.78 Å². The van der Waals surface area contributed by atoms with E-state index < -0.39 is 0 Å². The first-order valence-electron chi connectivity index (χ1n) is 6.50. The lowest BCUT2D eigenvalue weighted by molar-refractivity contribution is 0.517. The molecule has 1 aromatic carbocycles. The molecule has 2 N–H and O–H groups in total. The van der Waals surface area contributed by atoms with E-state index in [2.05, 4.69) is 25.9 Å². The third kappa shape index (κ3) is 2.48. The zero-order valence-corrected chi connectivity index (χ0v) is 11.8. The van der Waals surface area contributed by atoms with E-state index in [1.807, 2.05) is 7.05 Å². The van der Waals surface area contributed by atoms with Crippen molar-refractivity contribution in [3.05, 3.63) is 35.8 Å². The highest BCUT2D eigenvalue weighted by molar-refractivity contribution is 5.77. The van der Waals surface area contributed by atoms with Gasteiger partial charge in [0.2, 0.25) is 0 Å². The Hall–Kier alpha value is -1.84. The summed E-state index contributed by atoms with van der Waals surface area (Å²) in [4.78, 5) is 0. The fourth-order valence-corrected chi connectivity index (χ4v) is 2.11. The van der Waals surface area contributed by atoms with Crippen molar-refractivity contribution in [2.24, 2.45) is 13.0 Å². The molecule has 2 rings (SSSR count). The zero-order chi connectivity index (χ0) is 14.2. The van der Waals surface area contributed by atoms with Crippen molar-refractivity contribution in [3.63, 3.8) is 0 Å². The van der Waals surface area contributed by atoms with Crippen molar-refractivity contribution in [1.82, 2.24) is 9.78 Å². The first-order chi connectivity index (χ1) is 8.91. The molecule has 4 heteroatoms. The average Bonchev–Trinajstić information content (AvgIpc) is 2.66. The average molecular weight is 261 g/mol. The van der Waals surface area contributed by atoms with Crippen LogP contribution in [0, 0.1) is 11.7 Å². The number of benzene rings is 1. The molecule has 0 saturated carbocycles. The molecule has 0 fully saturated rings. The number of aryl methyl sites for hydroxylation is 1. The Morgan fingerprint density at radius 1 is 1.16 bits per heavy atom. The molecule has 0 aliphatic carbocycles. The summed E-state index contributed by atoms with van der Waals surface area (Å²) in [6.07, 6.45) is 0. The minimum Gasteiger partial charge on any atom is -0.383 e. The van der Waals surface area contributed by atoms with E-state index in [4.69, 9.17) is 5.73 Å². The Bertz CT molecular complexity index is 570. The summed E-state index contributed by atoms with van der Waals surface area (Å²) in [7, 11) is 1.83. The fourth-order valence-electron chi connectivity index (χ4n) is 2.11. The van der Waals surface area contributed by atoms with E-state index >= 15 is 0 Å². The van der Waals surface area contributed by atoms with Crippen LogP contribution in [0.5, 0.6) is 0 Å². The standard InChI is InChI=1S/C15H20FN3/c1-9(2)10(3)14-13(15(17)19(4)18-14)11-5-7-12(16)8-6-11/h5-10H,17H2,1-4H3. The lowest BCUT2D eigenvalue weighted by Crippen LogP contribution is -2.04. The van der Waals surface area contributed by atoms with Gasteiger partial charge in [0.1, 0.15) is 11.6 Å². The molecule has 3 nitrogen and oxygen atoms in total. The smallest absolute Gasteiger partial charge is 0.129 e. The van der Waals surface area contributed by atoms with Gasteiger partial charge in [-0.25, -0.2) is 4.39 Å². The number of aromatic nitrogens is 2. The molecule has 19 heavy (non-hydrogen) atoms. The van der Waals surface area contributed by atoms with Crippen LogP contribution in [0.4, 0.5) is 10.2 Å². The van der Waals surface area contributed by atoms with Gasteiger partial charge in [0.15, 0.2) is 0 Å². The van der Waals surface area contributed by atoms with Gasteiger partial charge in [0.25, 0.3) is 0 Å².